The van der Waals surface area contributed by atoms with E-state index >= 15 is 0 Å². The van der Waals surface area contributed by atoms with Crippen LogP contribution >= 0.6 is 24.0 Å². The van der Waals surface area contributed by atoms with Crippen LogP contribution in [-0.4, -0.2) is 57.9 Å². The molecule has 1 aromatic rings. The minimum atomic E-state index is -0.401. The topological polar surface area (TPSA) is 84.0 Å². The first-order valence-electron chi connectivity index (χ1n) is 9.38. The summed E-state index contributed by atoms with van der Waals surface area (Å²) in [5.41, 5.74) is 0.405. The van der Waals surface area contributed by atoms with E-state index in [2.05, 4.69) is 27.9 Å². The Hall–Kier alpha value is -1.46. The predicted molar refractivity (Wildman–Crippen MR) is 121 cm³/mol. The maximum absolute atomic E-state index is 13.1. The Kier molecular flexibility index (Phi) is 16.7. The molecule has 0 saturated heterocycles. The van der Waals surface area contributed by atoms with Gasteiger partial charge in [0.25, 0.3) is 0 Å². The van der Waals surface area contributed by atoms with E-state index in [4.69, 9.17) is 9.47 Å². The molecule has 9 heteroatoms. The lowest BCUT2D eigenvalue weighted by molar-refractivity contribution is -0.114. The second kappa shape index (κ2) is 17.6. The summed E-state index contributed by atoms with van der Waals surface area (Å²) in [6.45, 7) is 7.65. The summed E-state index contributed by atoms with van der Waals surface area (Å²) in [7, 11) is 0. The Bertz CT molecular complexity index is 576. The molecule has 0 aliphatic heterocycles. The summed E-state index contributed by atoms with van der Waals surface area (Å²) < 4.78 is 24.0. The zero-order chi connectivity index (χ0) is 19.7. The fourth-order valence-electron chi connectivity index (χ4n) is 2.07. The number of unbranched alkanes of at least 4 members (excludes halogenated alkanes) is 1. The van der Waals surface area contributed by atoms with Crippen molar-refractivity contribution in [2.75, 3.05) is 51.4 Å². The molecule has 7 nitrogen and oxygen atoms in total. The summed E-state index contributed by atoms with van der Waals surface area (Å²) in [4.78, 5) is 16.1. The van der Waals surface area contributed by atoms with Crippen LogP contribution in [0.15, 0.2) is 29.3 Å². The van der Waals surface area contributed by atoms with Crippen LogP contribution in [0, 0.1) is 5.82 Å². The van der Waals surface area contributed by atoms with Gasteiger partial charge in [-0.3, -0.25) is 4.79 Å². The first-order chi connectivity index (χ1) is 13.2. The number of hydrogen-bond acceptors (Lipinski definition) is 4. The predicted octanol–water partition coefficient (Wildman–Crippen LogP) is 2.77. The van der Waals surface area contributed by atoms with Gasteiger partial charge >= 0.3 is 0 Å². The maximum Gasteiger partial charge on any atom is 0.246 e. The zero-order valence-electron chi connectivity index (χ0n) is 16.6. The van der Waals surface area contributed by atoms with Crippen LogP contribution in [-0.2, 0) is 14.3 Å². The largest absolute Gasteiger partial charge is 0.379 e. The van der Waals surface area contributed by atoms with Gasteiger partial charge in [0.05, 0.1) is 19.8 Å². The van der Waals surface area contributed by atoms with Crippen molar-refractivity contribution in [2.45, 2.75) is 26.7 Å². The number of aliphatic imine (C=N–C) groups is 1. The van der Waals surface area contributed by atoms with Crippen LogP contribution < -0.4 is 16.0 Å². The normalized spacial score (nSPS) is 10.9. The number of ether oxygens (including phenoxy) is 2. The van der Waals surface area contributed by atoms with Crippen LogP contribution in [0.25, 0.3) is 0 Å². The van der Waals surface area contributed by atoms with Crippen LogP contribution in [0.5, 0.6) is 0 Å². The third-order valence-corrected chi connectivity index (χ3v) is 3.39. The molecule has 3 N–H and O–H groups in total. The number of nitrogens with one attached hydrogen (secondary N) is 3. The van der Waals surface area contributed by atoms with Gasteiger partial charge in [-0.2, -0.15) is 0 Å². The van der Waals surface area contributed by atoms with E-state index < -0.39 is 5.82 Å². The quantitative estimate of drug-likeness (QED) is 0.165. The second-order valence-electron chi connectivity index (χ2n) is 5.76. The summed E-state index contributed by atoms with van der Waals surface area (Å²) in [6, 6.07) is 5.74. The molecule has 0 spiro atoms. The van der Waals surface area contributed by atoms with E-state index in [1.165, 1.54) is 18.2 Å². The van der Waals surface area contributed by atoms with Gasteiger partial charge in [-0.25, -0.2) is 9.38 Å². The first kappa shape index (κ1) is 26.5. The molecule has 0 saturated carbocycles. The lowest BCUT2D eigenvalue weighted by Gasteiger charge is -2.11. The molecule has 1 rings (SSSR count). The molecule has 0 atom stereocenters. The van der Waals surface area contributed by atoms with E-state index in [0.29, 0.717) is 44.6 Å². The molecular formula is C19H32FIN4O3. The third-order valence-electron chi connectivity index (χ3n) is 3.39. The number of rotatable bonds is 13. The molecule has 0 heterocycles. The molecule has 1 amide bonds. The number of benzene rings is 1. The van der Waals surface area contributed by atoms with Crippen LogP contribution in [0.4, 0.5) is 10.1 Å². The average Bonchev–Trinajstić information content (AvgIpc) is 2.64. The zero-order valence-corrected chi connectivity index (χ0v) is 19.0. The SMILES string of the molecule is CCCCOCCOCCNC(=NCC(=O)Nc1cccc(F)c1)NCC.I. The fourth-order valence-corrected chi connectivity index (χ4v) is 2.07. The molecular weight excluding hydrogens is 478 g/mol. The van der Waals surface area contributed by atoms with Gasteiger partial charge in [0.1, 0.15) is 12.4 Å². The third kappa shape index (κ3) is 13.7. The molecule has 160 valence electrons. The highest BCUT2D eigenvalue weighted by molar-refractivity contribution is 14.0. The highest BCUT2D eigenvalue weighted by Gasteiger charge is 2.04. The number of guanidine groups is 1. The number of hydrogen-bond donors (Lipinski definition) is 3. The van der Waals surface area contributed by atoms with E-state index in [9.17, 15) is 9.18 Å². The van der Waals surface area contributed by atoms with E-state index in [0.717, 1.165) is 19.4 Å². The highest BCUT2D eigenvalue weighted by Crippen LogP contribution is 2.08. The van der Waals surface area contributed by atoms with Gasteiger partial charge in [0.15, 0.2) is 5.96 Å². The van der Waals surface area contributed by atoms with Gasteiger partial charge < -0.3 is 25.4 Å². The van der Waals surface area contributed by atoms with Crippen molar-refractivity contribution >= 4 is 41.5 Å². The van der Waals surface area contributed by atoms with Crippen LogP contribution in [0.1, 0.15) is 26.7 Å². The van der Waals surface area contributed by atoms with Crippen molar-refractivity contribution in [3.8, 4) is 0 Å². The number of carbonyl (C=O) groups is 1. The second-order valence-corrected chi connectivity index (χ2v) is 5.76. The van der Waals surface area contributed by atoms with Gasteiger partial charge in [-0.15, -0.1) is 24.0 Å². The number of anilines is 1. The smallest absolute Gasteiger partial charge is 0.246 e. The Balaban J connectivity index is 0.00000729. The van der Waals surface area contributed by atoms with E-state index in [1.54, 1.807) is 6.07 Å². The standard InChI is InChI=1S/C19H31FN4O3.HI/c1-3-5-10-26-12-13-27-11-9-22-19(21-4-2)23-15-18(25)24-17-8-6-7-16(20)14-17;/h6-8,14H,3-5,9-13,15H2,1-2H3,(H,24,25)(H2,21,22,23);1H. The van der Waals surface area contributed by atoms with Crippen molar-refractivity contribution < 1.29 is 18.7 Å². The van der Waals surface area contributed by atoms with Crippen molar-refractivity contribution in [3.05, 3.63) is 30.1 Å². The highest BCUT2D eigenvalue weighted by atomic mass is 127. The molecule has 0 unspecified atom stereocenters. The van der Waals surface area contributed by atoms with Crippen molar-refractivity contribution in [1.82, 2.24) is 10.6 Å². The molecule has 1 aromatic carbocycles. The average molecular weight is 510 g/mol. The Labute approximate surface area is 183 Å². The van der Waals surface area contributed by atoms with Gasteiger partial charge in [-0.05, 0) is 31.5 Å². The summed E-state index contributed by atoms with van der Waals surface area (Å²) in [5, 5.41) is 8.75. The Morgan fingerprint density at radius 1 is 1.11 bits per heavy atom. The molecule has 28 heavy (non-hydrogen) atoms. The van der Waals surface area contributed by atoms with E-state index in [1.807, 2.05) is 6.92 Å². The summed E-state index contributed by atoms with van der Waals surface area (Å²) in [6.07, 6.45) is 2.19. The van der Waals surface area contributed by atoms with Gasteiger partial charge in [0, 0.05) is 25.4 Å². The molecule has 0 bridgehead atoms. The lowest BCUT2D eigenvalue weighted by Crippen LogP contribution is -2.39. The number of nitrogens with zero attached hydrogens (tertiary/aromatic N) is 1. The molecule has 0 fully saturated rings. The minimum Gasteiger partial charge on any atom is -0.379 e. The number of halogens is 2. The fraction of sp³-hybridized carbons (Fsp3) is 0.579. The van der Waals surface area contributed by atoms with Crippen LogP contribution in [0.3, 0.4) is 0 Å². The molecule has 0 aliphatic rings. The molecule has 0 radical (unpaired) electrons. The van der Waals surface area contributed by atoms with Crippen molar-refractivity contribution in [1.29, 1.82) is 0 Å². The maximum atomic E-state index is 13.1. The minimum absolute atomic E-state index is 0. The number of carbonyl (C=O) groups excluding carboxylic acids is 1. The monoisotopic (exact) mass is 510 g/mol. The summed E-state index contributed by atoms with van der Waals surface area (Å²) >= 11 is 0. The Morgan fingerprint density at radius 2 is 1.86 bits per heavy atom. The molecule has 0 aliphatic carbocycles. The van der Waals surface area contributed by atoms with Gasteiger partial charge in [-0.1, -0.05) is 19.4 Å². The molecule has 0 aromatic heterocycles. The van der Waals surface area contributed by atoms with E-state index in [-0.39, 0.29) is 36.4 Å². The van der Waals surface area contributed by atoms with Gasteiger partial charge in [0.2, 0.25) is 5.91 Å². The summed E-state index contributed by atoms with van der Waals surface area (Å²) in [5.74, 6) is -0.199. The first-order valence-corrected chi connectivity index (χ1v) is 9.38. The lowest BCUT2D eigenvalue weighted by atomic mass is 10.3. The number of amides is 1. The Morgan fingerprint density at radius 3 is 2.54 bits per heavy atom. The van der Waals surface area contributed by atoms with Crippen molar-refractivity contribution in [2.24, 2.45) is 4.99 Å². The van der Waals surface area contributed by atoms with Crippen molar-refractivity contribution in [3.63, 3.8) is 0 Å². The van der Waals surface area contributed by atoms with Crippen LogP contribution in [0.2, 0.25) is 0 Å².